The second kappa shape index (κ2) is 4.45. The summed E-state index contributed by atoms with van der Waals surface area (Å²) in [6.07, 6.45) is 0. The van der Waals surface area contributed by atoms with Gasteiger partial charge in [0.1, 0.15) is 0 Å². The molecular weight excluding hydrogens is 213 g/mol. The molecule has 0 atom stereocenters. The highest BCUT2D eigenvalue weighted by molar-refractivity contribution is 7.57. The predicted molar refractivity (Wildman–Crippen MR) is 75.0 cm³/mol. The maximum atomic E-state index is 4.84. The topological polar surface area (TPSA) is 12.9 Å². The van der Waals surface area contributed by atoms with E-state index in [2.05, 4.69) is 54.9 Å². The number of nitrogens with zero attached hydrogens (tertiary/aromatic N) is 1. The number of aryl methyl sites for hydroxylation is 1. The molecule has 0 aliphatic carbocycles. The number of pyridine rings is 1. The number of hydrogen-bond donors (Lipinski definition) is 0. The van der Waals surface area contributed by atoms with Gasteiger partial charge in [0.25, 0.3) is 0 Å². The first-order chi connectivity index (χ1) is 7.19. The van der Waals surface area contributed by atoms with Crippen LogP contribution in [-0.4, -0.2) is 18.3 Å². The van der Waals surface area contributed by atoms with Gasteiger partial charge in [-0.2, -0.15) is 0 Å². The van der Waals surface area contributed by atoms with Crippen molar-refractivity contribution in [3.63, 3.8) is 0 Å². The van der Waals surface area contributed by atoms with Gasteiger partial charge in [-0.1, -0.05) is 13.8 Å². The van der Waals surface area contributed by atoms with Crippen LogP contribution in [0.5, 0.6) is 0 Å². The van der Waals surface area contributed by atoms with Crippen LogP contribution in [-0.2, 0) is 5.16 Å². The van der Waals surface area contributed by atoms with Crippen LogP contribution in [0.2, 0.25) is 0 Å². The summed E-state index contributed by atoms with van der Waals surface area (Å²) in [6.45, 7) is 18.0. The van der Waals surface area contributed by atoms with Crippen molar-refractivity contribution in [2.75, 3.05) is 13.3 Å². The molecule has 2 heteroatoms. The number of hydrogen-bond acceptors (Lipinski definition) is 1. The smallest absolute Gasteiger partial charge is 0.0537 e. The van der Waals surface area contributed by atoms with E-state index in [-0.39, 0.29) is 13.1 Å². The molecule has 0 saturated heterocycles. The molecule has 1 rings (SSSR count). The zero-order valence-corrected chi connectivity index (χ0v) is 12.8. The SMILES string of the molecule is Cc1nc(C(C)(C)P(C)C)c(C)c(C)c1C. The molecule has 1 nitrogen and oxygen atoms in total. The molecule has 16 heavy (non-hydrogen) atoms. The van der Waals surface area contributed by atoms with Crippen molar-refractivity contribution in [2.45, 2.75) is 46.7 Å². The summed E-state index contributed by atoms with van der Waals surface area (Å²) in [5, 5.41) is 0.211. The van der Waals surface area contributed by atoms with Gasteiger partial charge in [-0.25, -0.2) is 0 Å². The average Bonchev–Trinajstić information content (AvgIpc) is 2.19. The maximum Gasteiger partial charge on any atom is 0.0537 e. The zero-order chi connectivity index (χ0) is 12.7. The third kappa shape index (κ3) is 2.15. The van der Waals surface area contributed by atoms with Crippen molar-refractivity contribution in [2.24, 2.45) is 0 Å². The van der Waals surface area contributed by atoms with Crippen molar-refractivity contribution in [3.8, 4) is 0 Å². The average molecular weight is 237 g/mol. The normalized spacial score (nSPS) is 12.3. The molecule has 0 saturated carbocycles. The fourth-order valence-corrected chi connectivity index (χ4v) is 2.51. The number of aromatic nitrogens is 1. The highest BCUT2D eigenvalue weighted by Crippen LogP contribution is 2.50. The molecule has 0 spiro atoms. The fourth-order valence-electron chi connectivity index (χ4n) is 1.87. The maximum absolute atomic E-state index is 4.84. The number of rotatable bonds is 2. The van der Waals surface area contributed by atoms with Gasteiger partial charge in [0.2, 0.25) is 0 Å². The van der Waals surface area contributed by atoms with Crippen molar-refractivity contribution < 1.29 is 0 Å². The lowest BCUT2D eigenvalue weighted by Crippen LogP contribution is -2.19. The van der Waals surface area contributed by atoms with Crippen molar-refractivity contribution in [1.29, 1.82) is 0 Å². The molecule has 1 heterocycles. The third-order valence-corrected chi connectivity index (χ3v) is 6.45. The van der Waals surface area contributed by atoms with E-state index >= 15 is 0 Å². The highest BCUT2D eigenvalue weighted by atomic mass is 31.1. The van der Waals surface area contributed by atoms with Gasteiger partial charge in [0, 0.05) is 10.9 Å². The van der Waals surface area contributed by atoms with Gasteiger partial charge in [-0.3, -0.25) is 4.98 Å². The van der Waals surface area contributed by atoms with E-state index in [0.717, 1.165) is 0 Å². The standard InChI is InChI=1S/C14H24NP/c1-9-10(2)12(4)15-13(11(9)3)14(5,6)16(7)8/h1-8H3. The molecule has 0 radical (unpaired) electrons. The van der Waals surface area contributed by atoms with E-state index in [1.54, 1.807) is 0 Å². The van der Waals surface area contributed by atoms with Gasteiger partial charge < -0.3 is 0 Å². The van der Waals surface area contributed by atoms with Crippen LogP contribution in [0, 0.1) is 27.7 Å². The van der Waals surface area contributed by atoms with Crippen molar-refractivity contribution >= 4 is 7.92 Å². The Morgan fingerprint density at radius 2 is 1.38 bits per heavy atom. The molecule has 0 unspecified atom stereocenters. The van der Waals surface area contributed by atoms with E-state index in [4.69, 9.17) is 4.98 Å². The molecule has 0 aromatic carbocycles. The fraction of sp³-hybridized carbons (Fsp3) is 0.643. The highest BCUT2D eigenvalue weighted by Gasteiger charge is 2.29. The summed E-state index contributed by atoms with van der Waals surface area (Å²) >= 11 is 0. The van der Waals surface area contributed by atoms with Gasteiger partial charge in [-0.15, -0.1) is 7.92 Å². The summed E-state index contributed by atoms with van der Waals surface area (Å²) in [6, 6.07) is 0. The van der Waals surface area contributed by atoms with E-state index < -0.39 is 0 Å². The van der Waals surface area contributed by atoms with Gasteiger partial charge >= 0.3 is 0 Å². The van der Waals surface area contributed by atoms with Crippen LogP contribution >= 0.6 is 7.92 Å². The lowest BCUT2D eigenvalue weighted by atomic mass is 9.96. The Labute approximate surface area is 101 Å². The summed E-state index contributed by atoms with van der Waals surface area (Å²) in [5.41, 5.74) is 6.61. The van der Waals surface area contributed by atoms with Crippen molar-refractivity contribution in [3.05, 3.63) is 28.1 Å². The van der Waals surface area contributed by atoms with Crippen LogP contribution in [0.4, 0.5) is 0 Å². The van der Waals surface area contributed by atoms with E-state index in [1.165, 1.54) is 28.1 Å². The van der Waals surface area contributed by atoms with Crippen molar-refractivity contribution in [1.82, 2.24) is 4.98 Å². The second-order valence-electron chi connectivity index (χ2n) is 5.37. The molecule has 1 aromatic heterocycles. The first-order valence-electron chi connectivity index (χ1n) is 5.82. The third-order valence-electron chi connectivity index (χ3n) is 4.00. The molecule has 90 valence electrons. The predicted octanol–water partition coefficient (Wildman–Crippen LogP) is 4.29. The van der Waals surface area contributed by atoms with Crippen LogP contribution in [0.3, 0.4) is 0 Å². The Morgan fingerprint density at radius 1 is 0.875 bits per heavy atom. The first-order valence-corrected chi connectivity index (χ1v) is 8.05. The Hall–Kier alpha value is -0.420. The Kier molecular flexibility index (Phi) is 3.80. The molecule has 0 aliphatic heterocycles. The van der Waals surface area contributed by atoms with Crippen LogP contribution in [0.15, 0.2) is 0 Å². The molecule has 0 amide bonds. The van der Waals surface area contributed by atoms with E-state index in [0.29, 0.717) is 0 Å². The van der Waals surface area contributed by atoms with Crippen LogP contribution in [0.25, 0.3) is 0 Å². The van der Waals surface area contributed by atoms with Gasteiger partial charge in [0.15, 0.2) is 0 Å². The largest absolute Gasteiger partial charge is 0.257 e. The van der Waals surface area contributed by atoms with Crippen LogP contribution < -0.4 is 0 Å². The Bertz CT molecular complexity index is 406. The van der Waals surface area contributed by atoms with E-state index in [1.807, 2.05) is 0 Å². The first kappa shape index (κ1) is 13.6. The Balaban J connectivity index is 3.47. The minimum absolute atomic E-state index is 0.0331. The summed E-state index contributed by atoms with van der Waals surface area (Å²) in [4.78, 5) is 4.84. The molecule has 1 aromatic rings. The van der Waals surface area contributed by atoms with Gasteiger partial charge in [0.05, 0.1) is 5.69 Å². The molecule has 0 N–H and O–H groups in total. The Morgan fingerprint density at radius 3 is 1.81 bits per heavy atom. The lowest BCUT2D eigenvalue weighted by molar-refractivity contribution is 0.716. The lowest BCUT2D eigenvalue weighted by Gasteiger charge is -2.32. The van der Waals surface area contributed by atoms with Gasteiger partial charge in [-0.05, 0) is 57.7 Å². The second-order valence-corrected chi connectivity index (χ2v) is 8.28. The molecular formula is C14H24NP. The minimum atomic E-state index is -0.0331. The molecule has 0 bridgehead atoms. The van der Waals surface area contributed by atoms with Crippen LogP contribution in [0.1, 0.15) is 41.9 Å². The minimum Gasteiger partial charge on any atom is -0.257 e. The quantitative estimate of drug-likeness (QED) is 0.699. The zero-order valence-electron chi connectivity index (χ0n) is 11.9. The summed E-state index contributed by atoms with van der Waals surface area (Å²) in [7, 11) is -0.0331. The summed E-state index contributed by atoms with van der Waals surface area (Å²) < 4.78 is 0. The summed E-state index contributed by atoms with van der Waals surface area (Å²) in [5.74, 6) is 0. The van der Waals surface area contributed by atoms with E-state index in [9.17, 15) is 0 Å². The molecule has 0 fully saturated rings. The molecule has 0 aliphatic rings. The monoisotopic (exact) mass is 237 g/mol.